The molecule has 0 heterocycles. The van der Waals surface area contributed by atoms with Gasteiger partial charge in [0.05, 0.1) is 5.71 Å². The number of carboxylic acids is 1. The van der Waals surface area contributed by atoms with Gasteiger partial charge in [-0.3, -0.25) is 0 Å². The van der Waals surface area contributed by atoms with Crippen molar-refractivity contribution < 1.29 is 19.5 Å². The topological polar surface area (TPSA) is 68.1 Å². The van der Waals surface area contributed by atoms with Gasteiger partial charge in [-0.15, -0.1) is 0 Å². The highest BCUT2D eigenvalue weighted by Crippen LogP contribution is 2.12. The van der Waals surface area contributed by atoms with Gasteiger partial charge < -0.3 is 14.7 Å². The summed E-state index contributed by atoms with van der Waals surface area (Å²) in [4.78, 5) is 16.7. The van der Waals surface area contributed by atoms with Crippen LogP contribution in [-0.4, -0.2) is 29.5 Å². The van der Waals surface area contributed by atoms with Gasteiger partial charge in [0.2, 0.25) is 0 Å². The first-order valence-corrected chi connectivity index (χ1v) is 9.42. The van der Waals surface area contributed by atoms with Crippen LogP contribution in [0.4, 0.5) is 0 Å². The third-order valence-corrected chi connectivity index (χ3v) is 4.47. The van der Waals surface area contributed by atoms with Crippen LogP contribution in [0.5, 0.6) is 0 Å². The Balaban J connectivity index is 2.00. The van der Waals surface area contributed by atoms with Gasteiger partial charge in [-0.25, -0.2) is 4.79 Å². The molecule has 138 valence electrons. The highest BCUT2D eigenvalue weighted by Gasteiger charge is 2.18. The zero-order chi connectivity index (χ0) is 18.9. The average Bonchev–Trinajstić information content (AvgIpc) is 2.63. The largest absolute Gasteiger partial charge is 0.479 e. The lowest BCUT2D eigenvalue weighted by Gasteiger charge is -2.13. The summed E-state index contributed by atoms with van der Waals surface area (Å²) < 4.78 is 6.45. The van der Waals surface area contributed by atoms with E-state index in [2.05, 4.69) is 27.7 Å². The first-order chi connectivity index (χ1) is 12.5. The summed E-state index contributed by atoms with van der Waals surface area (Å²) in [6.45, 7) is 4.42. The molecule has 2 aromatic carbocycles. The molecule has 26 heavy (non-hydrogen) atoms. The zero-order valence-corrected chi connectivity index (χ0v) is 17.0. The van der Waals surface area contributed by atoms with Crippen molar-refractivity contribution in [1.82, 2.24) is 0 Å². The van der Waals surface area contributed by atoms with Gasteiger partial charge in [0.25, 0.3) is 0 Å². The van der Waals surface area contributed by atoms with Crippen molar-refractivity contribution in [3.63, 3.8) is 0 Å². The van der Waals surface area contributed by atoms with Crippen LogP contribution in [0.15, 0.2) is 53.7 Å². The predicted octanol–water partition coefficient (Wildman–Crippen LogP) is 4.26. The van der Waals surface area contributed by atoms with E-state index in [-0.39, 0.29) is 0 Å². The number of oxime groups is 1. The molecule has 1 N–H and O–H groups in total. The van der Waals surface area contributed by atoms with Crippen molar-refractivity contribution in [3.05, 3.63) is 68.8 Å². The molecular weight excluding hydrogens is 445 g/mol. The molecule has 0 aliphatic carbocycles. The number of rotatable bonds is 9. The molecule has 1 atom stereocenters. The lowest BCUT2D eigenvalue weighted by molar-refractivity contribution is -0.149. The summed E-state index contributed by atoms with van der Waals surface area (Å²) >= 11 is 2.26. The van der Waals surface area contributed by atoms with Crippen LogP contribution in [0.25, 0.3) is 0 Å². The fourth-order valence-corrected chi connectivity index (χ4v) is 2.75. The quantitative estimate of drug-likeness (QED) is 0.340. The van der Waals surface area contributed by atoms with E-state index < -0.39 is 12.1 Å². The Kier molecular flexibility index (Phi) is 8.06. The van der Waals surface area contributed by atoms with E-state index >= 15 is 0 Å². The minimum atomic E-state index is -0.955. The number of halogens is 1. The molecule has 0 amide bonds. The van der Waals surface area contributed by atoms with Crippen molar-refractivity contribution in [3.8, 4) is 0 Å². The minimum Gasteiger partial charge on any atom is -0.479 e. The number of carboxylic acid groups (broad SMARTS) is 1. The van der Waals surface area contributed by atoms with Crippen LogP contribution in [0, 0.1) is 3.57 Å². The molecule has 2 rings (SSSR count). The molecule has 0 aliphatic heterocycles. The van der Waals surface area contributed by atoms with E-state index in [0.29, 0.717) is 19.6 Å². The number of nitrogens with zero attached hydrogens (tertiary/aromatic N) is 1. The summed E-state index contributed by atoms with van der Waals surface area (Å²) in [5, 5.41) is 13.4. The third-order valence-electron chi connectivity index (χ3n) is 3.76. The molecule has 2 aromatic rings. The van der Waals surface area contributed by atoms with Gasteiger partial charge in [0.15, 0.2) is 6.10 Å². The molecule has 0 fully saturated rings. The van der Waals surface area contributed by atoms with E-state index in [1.807, 2.05) is 55.5 Å². The Labute approximate surface area is 167 Å². The van der Waals surface area contributed by atoms with Gasteiger partial charge in [0.1, 0.15) is 6.61 Å². The smallest absolute Gasteiger partial charge is 0.333 e. The molecule has 0 spiro atoms. The number of hydrogen-bond donors (Lipinski definition) is 1. The maximum absolute atomic E-state index is 11.2. The van der Waals surface area contributed by atoms with Gasteiger partial charge in [-0.2, -0.15) is 0 Å². The molecule has 0 radical (unpaired) electrons. The SMILES string of the molecule is CCO[C@H](Cc1cccc(/C(C)=N/OCc2ccc(I)cc2)c1)C(=O)O. The van der Waals surface area contributed by atoms with Crippen LogP contribution >= 0.6 is 22.6 Å². The van der Waals surface area contributed by atoms with E-state index in [9.17, 15) is 9.90 Å². The Morgan fingerprint density at radius 1 is 1.19 bits per heavy atom. The van der Waals surface area contributed by atoms with E-state index in [4.69, 9.17) is 9.57 Å². The molecule has 6 heteroatoms. The Bertz CT molecular complexity index is 759. The highest BCUT2D eigenvalue weighted by atomic mass is 127. The van der Waals surface area contributed by atoms with Gasteiger partial charge >= 0.3 is 5.97 Å². The Morgan fingerprint density at radius 2 is 1.92 bits per heavy atom. The average molecular weight is 467 g/mol. The molecule has 0 bridgehead atoms. The lowest BCUT2D eigenvalue weighted by atomic mass is 10.0. The molecule has 0 saturated carbocycles. The Hall–Kier alpha value is -1.93. The second kappa shape index (κ2) is 10.3. The number of aliphatic carboxylic acids is 1. The van der Waals surface area contributed by atoms with Crippen LogP contribution in [0.1, 0.15) is 30.5 Å². The van der Waals surface area contributed by atoms with Crippen LogP contribution < -0.4 is 0 Å². The summed E-state index contributed by atoms with van der Waals surface area (Å²) in [6, 6.07) is 15.7. The van der Waals surface area contributed by atoms with Crippen molar-refractivity contribution in [2.75, 3.05) is 6.61 Å². The van der Waals surface area contributed by atoms with Crippen LogP contribution in [-0.2, 0) is 27.4 Å². The summed E-state index contributed by atoms with van der Waals surface area (Å²) in [7, 11) is 0. The molecule has 0 saturated heterocycles. The fraction of sp³-hybridized carbons (Fsp3) is 0.300. The number of carbonyl (C=O) groups is 1. The lowest BCUT2D eigenvalue weighted by Crippen LogP contribution is -2.26. The van der Waals surface area contributed by atoms with Gasteiger partial charge in [-0.1, -0.05) is 35.5 Å². The second-order valence-corrected chi connectivity index (χ2v) is 7.01. The molecule has 0 aromatic heterocycles. The maximum atomic E-state index is 11.2. The summed E-state index contributed by atoms with van der Waals surface area (Å²) in [6.07, 6.45) is -0.530. The van der Waals surface area contributed by atoms with Crippen molar-refractivity contribution >= 4 is 34.3 Å². The number of ether oxygens (including phenoxy) is 1. The molecular formula is C20H22INO4. The van der Waals surface area contributed by atoms with Gasteiger partial charge in [0, 0.05) is 16.6 Å². The molecule has 0 aliphatic rings. The number of hydrogen-bond acceptors (Lipinski definition) is 4. The first-order valence-electron chi connectivity index (χ1n) is 8.34. The van der Waals surface area contributed by atoms with Crippen molar-refractivity contribution in [2.24, 2.45) is 5.16 Å². The summed E-state index contributed by atoms with van der Waals surface area (Å²) in [5.74, 6) is -0.955. The highest BCUT2D eigenvalue weighted by molar-refractivity contribution is 14.1. The minimum absolute atomic E-state index is 0.313. The van der Waals surface area contributed by atoms with Crippen molar-refractivity contribution in [2.45, 2.75) is 33.0 Å². The molecule has 5 nitrogen and oxygen atoms in total. The van der Waals surface area contributed by atoms with E-state index in [0.717, 1.165) is 22.4 Å². The summed E-state index contributed by atoms with van der Waals surface area (Å²) in [5.41, 5.74) is 3.57. The maximum Gasteiger partial charge on any atom is 0.333 e. The third kappa shape index (κ3) is 6.42. The Morgan fingerprint density at radius 3 is 2.58 bits per heavy atom. The molecule has 0 unspecified atom stereocenters. The predicted molar refractivity (Wildman–Crippen MR) is 109 cm³/mol. The van der Waals surface area contributed by atoms with Crippen LogP contribution in [0.3, 0.4) is 0 Å². The number of benzene rings is 2. The monoisotopic (exact) mass is 467 g/mol. The van der Waals surface area contributed by atoms with E-state index in [1.165, 1.54) is 3.57 Å². The normalized spacial score (nSPS) is 12.7. The fourth-order valence-electron chi connectivity index (χ4n) is 2.39. The standard InChI is InChI=1S/C20H22INO4/c1-3-25-19(20(23)24)12-16-5-4-6-17(11-16)14(2)22-26-13-15-7-9-18(21)10-8-15/h4-11,19H,3,12-13H2,1-2H3,(H,23,24)/b22-14+/t19-/m1/s1. The van der Waals surface area contributed by atoms with Crippen LogP contribution in [0.2, 0.25) is 0 Å². The second-order valence-electron chi connectivity index (χ2n) is 5.76. The first kappa shape index (κ1) is 20.4. The van der Waals surface area contributed by atoms with E-state index in [1.54, 1.807) is 6.92 Å². The van der Waals surface area contributed by atoms with Gasteiger partial charge in [-0.05, 0) is 71.3 Å². The van der Waals surface area contributed by atoms with Crippen molar-refractivity contribution in [1.29, 1.82) is 0 Å². The zero-order valence-electron chi connectivity index (χ0n) is 14.8.